The van der Waals surface area contributed by atoms with Crippen LogP contribution in [-0.4, -0.2) is 23.7 Å². The van der Waals surface area contributed by atoms with E-state index in [0.717, 1.165) is 25.7 Å². The molecule has 1 atom stereocenters. The van der Waals surface area contributed by atoms with Crippen LogP contribution in [0.15, 0.2) is 30.3 Å². The molecule has 4 nitrogen and oxygen atoms in total. The summed E-state index contributed by atoms with van der Waals surface area (Å²) in [5.41, 5.74) is 1.28. The highest BCUT2D eigenvalue weighted by atomic mass is 16.5. The average molecular weight is 278 g/mol. The molecule has 1 rings (SSSR count). The van der Waals surface area contributed by atoms with Crippen molar-refractivity contribution in [3.63, 3.8) is 0 Å². The van der Waals surface area contributed by atoms with Crippen molar-refractivity contribution < 1.29 is 19.4 Å². The molecule has 1 N–H and O–H groups in total. The van der Waals surface area contributed by atoms with Crippen molar-refractivity contribution in [2.75, 3.05) is 6.61 Å². The highest BCUT2D eigenvalue weighted by Crippen LogP contribution is 2.14. The Bertz CT molecular complexity index is 414. The molecule has 20 heavy (non-hydrogen) atoms. The van der Waals surface area contributed by atoms with Gasteiger partial charge in [-0.25, -0.2) is 0 Å². The first-order chi connectivity index (χ1) is 9.65. The van der Waals surface area contributed by atoms with Gasteiger partial charge in [-0.2, -0.15) is 0 Å². The number of carboxylic acid groups (broad SMARTS) is 1. The van der Waals surface area contributed by atoms with Crippen LogP contribution in [-0.2, 0) is 20.7 Å². The van der Waals surface area contributed by atoms with Gasteiger partial charge in [0.15, 0.2) is 5.92 Å². The number of carbonyl (C=O) groups excluding carboxylic acids is 1. The lowest BCUT2D eigenvalue weighted by molar-refractivity contribution is -0.158. The van der Waals surface area contributed by atoms with Crippen LogP contribution in [0.2, 0.25) is 0 Å². The highest BCUT2D eigenvalue weighted by molar-refractivity contribution is 5.93. The van der Waals surface area contributed by atoms with Gasteiger partial charge in [-0.3, -0.25) is 9.59 Å². The molecule has 0 amide bonds. The van der Waals surface area contributed by atoms with E-state index in [1.165, 1.54) is 5.56 Å². The molecule has 0 aromatic heterocycles. The summed E-state index contributed by atoms with van der Waals surface area (Å²) in [5, 5.41) is 9.00. The number of esters is 1. The molecule has 0 fully saturated rings. The summed E-state index contributed by atoms with van der Waals surface area (Å²) in [5.74, 6) is -2.73. The van der Waals surface area contributed by atoms with E-state index in [-0.39, 0.29) is 6.61 Å². The maximum Gasteiger partial charge on any atom is 0.320 e. The van der Waals surface area contributed by atoms with E-state index in [1.807, 2.05) is 18.2 Å². The Morgan fingerprint density at radius 3 is 2.45 bits per heavy atom. The van der Waals surface area contributed by atoms with Crippen molar-refractivity contribution >= 4 is 11.9 Å². The van der Waals surface area contributed by atoms with Crippen LogP contribution in [0.5, 0.6) is 0 Å². The molecular formula is C16H22O4. The first-order valence-corrected chi connectivity index (χ1v) is 7.08. The Morgan fingerprint density at radius 2 is 1.85 bits per heavy atom. The van der Waals surface area contributed by atoms with Gasteiger partial charge in [0.2, 0.25) is 0 Å². The number of rotatable bonds is 9. The van der Waals surface area contributed by atoms with Gasteiger partial charge in [-0.05, 0) is 31.7 Å². The number of unbranched alkanes of at least 4 members (excludes halogenated alkanes) is 2. The zero-order valence-electron chi connectivity index (χ0n) is 11.9. The average Bonchev–Trinajstić information content (AvgIpc) is 2.43. The summed E-state index contributed by atoms with van der Waals surface area (Å²) in [6.45, 7) is 1.90. The second kappa shape index (κ2) is 9.13. The molecule has 110 valence electrons. The fraction of sp³-hybridized carbons (Fsp3) is 0.500. The van der Waals surface area contributed by atoms with Crippen molar-refractivity contribution in [1.29, 1.82) is 0 Å². The number of ether oxygens (including phenoxy) is 1. The lowest BCUT2D eigenvalue weighted by atomic mass is 10.00. The second-order valence-corrected chi connectivity index (χ2v) is 4.73. The number of hydrogen-bond donors (Lipinski definition) is 1. The van der Waals surface area contributed by atoms with Crippen molar-refractivity contribution in [1.82, 2.24) is 0 Å². The summed E-state index contributed by atoms with van der Waals surface area (Å²) < 4.78 is 4.77. The minimum absolute atomic E-state index is 0.219. The van der Waals surface area contributed by atoms with Gasteiger partial charge in [0.25, 0.3) is 0 Å². The van der Waals surface area contributed by atoms with E-state index in [2.05, 4.69) is 12.1 Å². The quantitative estimate of drug-likeness (QED) is 0.428. The fourth-order valence-corrected chi connectivity index (χ4v) is 2.08. The molecule has 0 saturated carbocycles. The van der Waals surface area contributed by atoms with Gasteiger partial charge in [0.05, 0.1) is 6.61 Å². The minimum atomic E-state index is -1.09. The summed E-state index contributed by atoms with van der Waals surface area (Å²) in [4.78, 5) is 22.5. The van der Waals surface area contributed by atoms with Crippen molar-refractivity contribution in [2.45, 2.75) is 39.0 Å². The van der Waals surface area contributed by atoms with Crippen molar-refractivity contribution in [3.05, 3.63) is 35.9 Å². The fourth-order valence-electron chi connectivity index (χ4n) is 2.08. The number of aryl methyl sites for hydroxylation is 1. The molecule has 0 aliphatic carbocycles. The summed E-state index contributed by atoms with van der Waals surface area (Å²) in [7, 11) is 0. The van der Waals surface area contributed by atoms with Crippen LogP contribution in [0.3, 0.4) is 0 Å². The second-order valence-electron chi connectivity index (χ2n) is 4.73. The topological polar surface area (TPSA) is 63.6 Å². The van der Waals surface area contributed by atoms with Crippen LogP contribution >= 0.6 is 0 Å². The molecule has 0 heterocycles. The smallest absolute Gasteiger partial charge is 0.320 e. The molecule has 0 saturated heterocycles. The Kier molecular flexibility index (Phi) is 7.40. The van der Waals surface area contributed by atoms with E-state index < -0.39 is 17.9 Å². The number of benzene rings is 1. The Hall–Kier alpha value is -1.84. The molecule has 1 aromatic rings. The van der Waals surface area contributed by atoms with Gasteiger partial charge in [0.1, 0.15) is 0 Å². The first-order valence-electron chi connectivity index (χ1n) is 7.08. The Labute approximate surface area is 119 Å². The maximum atomic E-state index is 11.5. The van der Waals surface area contributed by atoms with Gasteiger partial charge < -0.3 is 9.84 Å². The van der Waals surface area contributed by atoms with Crippen LogP contribution in [0, 0.1) is 5.92 Å². The van der Waals surface area contributed by atoms with E-state index in [1.54, 1.807) is 6.92 Å². The van der Waals surface area contributed by atoms with Crippen LogP contribution in [0.25, 0.3) is 0 Å². The number of carboxylic acids is 1. The van der Waals surface area contributed by atoms with Crippen molar-refractivity contribution in [3.8, 4) is 0 Å². The van der Waals surface area contributed by atoms with E-state index >= 15 is 0 Å². The molecule has 1 unspecified atom stereocenters. The van der Waals surface area contributed by atoms with Crippen molar-refractivity contribution in [2.24, 2.45) is 5.92 Å². The number of aliphatic carboxylic acids is 1. The molecule has 0 aliphatic rings. The normalized spacial score (nSPS) is 11.8. The largest absolute Gasteiger partial charge is 0.481 e. The van der Waals surface area contributed by atoms with E-state index in [9.17, 15) is 9.59 Å². The predicted molar refractivity (Wildman–Crippen MR) is 76.4 cm³/mol. The molecular weight excluding hydrogens is 256 g/mol. The highest BCUT2D eigenvalue weighted by Gasteiger charge is 2.26. The number of hydrogen-bond acceptors (Lipinski definition) is 3. The Balaban J connectivity index is 2.24. The summed E-state index contributed by atoms with van der Waals surface area (Å²) in [6, 6.07) is 10.2. The van der Waals surface area contributed by atoms with Crippen LogP contribution < -0.4 is 0 Å². The third-order valence-electron chi connectivity index (χ3n) is 3.17. The Morgan fingerprint density at radius 1 is 1.15 bits per heavy atom. The van der Waals surface area contributed by atoms with E-state index in [4.69, 9.17) is 9.84 Å². The molecule has 0 spiro atoms. The SMILES string of the molecule is CCOC(=O)C(CCCCCc1ccccc1)C(=O)O. The van der Waals surface area contributed by atoms with Gasteiger partial charge in [0, 0.05) is 0 Å². The monoisotopic (exact) mass is 278 g/mol. The summed E-state index contributed by atoms with van der Waals surface area (Å²) >= 11 is 0. The van der Waals surface area contributed by atoms with Gasteiger partial charge >= 0.3 is 11.9 Å². The molecule has 0 aliphatic heterocycles. The van der Waals surface area contributed by atoms with Crippen LogP contribution in [0.1, 0.15) is 38.2 Å². The first kappa shape index (κ1) is 16.2. The van der Waals surface area contributed by atoms with E-state index in [0.29, 0.717) is 6.42 Å². The van der Waals surface area contributed by atoms with Gasteiger partial charge in [-0.15, -0.1) is 0 Å². The zero-order valence-corrected chi connectivity index (χ0v) is 11.9. The molecule has 4 heteroatoms. The number of carbonyl (C=O) groups is 2. The summed E-state index contributed by atoms with van der Waals surface area (Å²) in [6.07, 6.45) is 3.97. The zero-order chi connectivity index (χ0) is 14.8. The van der Waals surface area contributed by atoms with Crippen LogP contribution in [0.4, 0.5) is 0 Å². The molecule has 1 aromatic carbocycles. The maximum absolute atomic E-state index is 11.5. The molecule has 0 radical (unpaired) electrons. The minimum Gasteiger partial charge on any atom is -0.481 e. The standard InChI is InChI=1S/C16H22O4/c1-2-20-16(19)14(15(17)18)12-8-4-7-11-13-9-5-3-6-10-13/h3,5-6,9-10,14H,2,4,7-8,11-12H2,1H3,(H,17,18). The third-order valence-corrected chi connectivity index (χ3v) is 3.17. The lowest BCUT2D eigenvalue weighted by Gasteiger charge is -2.10. The third kappa shape index (κ3) is 5.87. The molecule has 0 bridgehead atoms. The lowest BCUT2D eigenvalue weighted by Crippen LogP contribution is -2.25. The predicted octanol–water partition coefficient (Wildman–Crippen LogP) is 3.05. The van der Waals surface area contributed by atoms with Gasteiger partial charge in [-0.1, -0.05) is 43.2 Å².